The molecule has 1 aliphatic rings. The molecule has 110 valence electrons. The molecule has 2 rings (SSSR count). The second kappa shape index (κ2) is 6.96. The fourth-order valence-corrected chi connectivity index (χ4v) is 1.95. The van der Waals surface area contributed by atoms with E-state index in [1.807, 2.05) is 0 Å². The lowest BCUT2D eigenvalue weighted by Gasteiger charge is -2.26. The summed E-state index contributed by atoms with van der Waals surface area (Å²) in [4.78, 5) is 24.3. The number of aromatic nitrogens is 3. The van der Waals surface area contributed by atoms with Crippen molar-refractivity contribution >= 4 is 11.9 Å². The predicted molar refractivity (Wildman–Crippen MR) is 68.8 cm³/mol. The number of carbonyl (C=O) groups excluding carboxylic acids is 1. The number of carboxylic acids is 1. The van der Waals surface area contributed by atoms with Crippen LogP contribution in [0.4, 0.5) is 0 Å². The molecule has 20 heavy (non-hydrogen) atoms. The second-order valence-corrected chi connectivity index (χ2v) is 4.60. The highest BCUT2D eigenvalue weighted by Crippen LogP contribution is 1.94. The molecule has 0 spiro atoms. The van der Waals surface area contributed by atoms with Gasteiger partial charge in [0.05, 0.1) is 19.3 Å². The first-order valence-corrected chi connectivity index (χ1v) is 6.44. The van der Waals surface area contributed by atoms with E-state index >= 15 is 0 Å². The van der Waals surface area contributed by atoms with Gasteiger partial charge < -0.3 is 15.7 Å². The molecule has 1 fully saturated rings. The van der Waals surface area contributed by atoms with E-state index in [9.17, 15) is 9.59 Å². The van der Waals surface area contributed by atoms with E-state index in [4.69, 9.17) is 5.11 Å². The van der Waals surface area contributed by atoms with Gasteiger partial charge in [0.25, 0.3) is 0 Å². The summed E-state index contributed by atoms with van der Waals surface area (Å²) in [7, 11) is 0. The van der Waals surface area contributed by atoms with Gasteiger partial charge in [-0.15, -0.1) is 5.10 Å². The Balaban J connectivity index is 1.72. The Bertz CT molecular complexity index is 468. The Hall–Kier alpha value is -2.00. The topological polar surface area (TPSA) is 112 Å². The third kappa shape index (κ3) is 4.59. The van der Waals surface area contributed by atoms with Crippen molar-refractivity contribution in [3.05, 3.63) is 11.9 Å². The van der Waals surface area contributed by atoms with Crippen LogP contribution in [0.2, 0.25) is 0 Å². The number of rotatable bonds is 6. The summed E-state index contributed by atoms with van der Waals surface area (Å²) in [5, 5.41) is 22.0. The highest BCUT2D eigenvalue weighted by molar-refractivity contribution is 5.77. The summed E-state index contributed by atoms with van der Waals surface area (Å²) in [5.74, 6) is -1.05. The van der Waals surface area contributed by atoms with Gasteiger partial charge in [0.2, 0.25) is 5.91 Å². The van der Waals surface area contributed by atoms with Crippen LogP contribution in [0.3, 0.4) is 0 Å². The van der Waals surface area contributed by atoms with Gasteiger partial charge in [0, 0.05) is 26.2 Å². The third-order valence-corrected chi connectivity index (χ3v) is 2.93. The first kappa shape index (κ1) is 14.4. The Morgan fingerprint density at radius 2 is 2.10 bits per heavy atom. The SMILES string of the molecule is O=C(O)Cn1cc(CNC(=O)CN2CCNCC2)nn1. The number of hydrogen-bond donors (Lipinski definition) is 3. The molecule has 1 aromatic heterocycles. The summed E-state index contributed by atoms with van der Waals surface area (Å²) in [6, 6.07) is 0. The van der Waals surface area contributed by atoms with Crippen molar-refractivity contribution in [3.8, 4) is 0 Å². The average molecular weight is 282 g/mol. The quantitative estimate of drug-likeness (QED) is 0.547. The van der Waals surface area contributed by atoms with Crippen LogP contribution in [0.25, 0.3) is 0 Å². The standard InChI is InChI=1S/C11H18N6O3/c18-10(7-16-3-1-12-2-4-16)13-5-9-6-17(15-14-9)8-11(19)20/h6,12H,1-5,7-8H2,(H,13,18)(H,19,20). The van der Waals surface area contributed by atoms with Crippen LogP contribution < -0.4 is 10.6 Å². The lowest BCUT2D eigenvalue weighted by Crippen LogP contribution is -2.47. The maximum absolute atomic E-state index is 11.7. The molecule has 1 amide bonds. The molecule has 1 aliphatic heterocycles. The highest BCUT2D eigenvalue weighted by atomic mass is 16.4. The monoisotopic (exact) mass is 282 g/mol. The smallest absolute Gasteiger partial charge is 0.325 e. The minimum absolute atomic E-state index is 0.0697. The van der Waals surface area contributed by atoms with Crippen LogP contribution in [-0.2, 0) is 22.7 Å². The van der Waals surface area contributed by atoms with E-state index in [1.165, 1.54) is 10.9 Å². The normalized spacial score (nSPS) is 16.0. The highest BCUT2D eigenvalue weighted by Gasteiger charge is 2.13. The summed E-state index contributed by atoms with van der Waals surface area (Å²) >= 11 is 0. The molecule has 0 radical (unpaired) electrons. The maximum Gasteiger partial charge on any atom is 0.325 e. The summed E-state index contributed by atoms with van der Waals surface area (Å²) < 4.78 is 1.22. The molecular weight excluding hydrogens is 264 g/mol. The first-order valence-electron chi connectivity index (χ1n) is 6.44. The molecule has 0 atom stereocenters. The van der Waals surface area contributed by atoms with Gasteiger partial charge in [-0.2, -0.15) is 0 Å². The van der Waals surface area contributed by atoms with Crippen LogP contribution in [0.1, 0.15) is 5.69 Å². The zero-order valence-electron chi connectivity index (χ0n) is 11.1. The fraction of sp³-hybridized carbons (Fsp3) is 0.636. The number of aliphatic carboxylic acids is 1. The van der Waals surface area contributed by atoms with Crippen molar-refractivity contribution in [3.63, 3.8) is 0 Å². The van der Waals surface area contributed by atoms with Crippen molar-refractivity contribution in [2.75, 3.05) is 32.7 Å². The Labute approximate surface area is 115 Å². The van der Waals surface area contributed by atoms with Crippen molar-refractivity contribution in [2.45, 2.75) is 13.1 Å². The number of hydrogen-bond acceptors (Lipinski definition) is 6. The van der Waals surface area contributed by atoms with Crippen molar-refractivity contribution < 1.29 is 14.7 Å². The van der Waals surface area contributed by atoms with Gasteiger partial charge >= 0.3 is 5.97 Å². The first-order chi connectivity index (χ1) is 9.63. The van der Waals surface area contributed by atoms with E-state index in [2.05, 4.69) is 25.8 Å². The average Bonchev–Trinajstić information content (AvgIpc) is 2.84. The third-order valence-electron chi connectivity index (χ3n) is 2.93. The molecule has 0 aliphatic carbocycles. The Kier molecular flexibility index (Phi) is 5.02. The minimum atomic E-state index is -0.982. The van der Waals surface area contributed by atoms with Crippen molar-refractivity contribution in [1.82, 2.24) is 30.5 Å². The molecular formula is C11H18N6O3. The molecule has 9 heteroatoms. The number of amides is 1. The van der Waals surface area contributed by atoms with E-state index in [0.717, 1.165) is 26.2 Å². The Morgan fingerprint density at radius 1 is 1.35 bits per heavy atom. The molecule has 0 bridgehead atoms. The number of carbonyl (C=O) groups is 2. The van der Waals surface area contributed by atoms with Crippen LogP contribution in [0, 0.1) is 0 Å². The number of nitrogens with one attached hydrogen (secondary N) is 2. The molecule has 1 aromatic rings. The zero-order valence-corrected chi connectivity index (χ0v) is 11.1. The molecule has 9 nitrogen and oxygen atoms in total. The fourth-order valence-electron chi connectivity index (χ4n) is 1.95. The van der Waals surface area contributed by atoms with Crippen LogP contribution in [-0.4, -0.2) is 69.6 Å². The Morgan fingerprint density at radius 3 is 2.80 bits per heavy atom. The van der Waals surface area contributed by atoms with Crippen molar-refractivity contribution in [2.24, 2.45) is 0 Å². The molecule has 0 unspecified atom stereocenters. The van der Waals surface area contributed by atoms with Gasteiger partial charge in [-0.05, 0) is 0 Å². The van der Waals surface area contributed by atoms with E-state index in [1.54, 1.807) is 0 Å². The van der Waals surface area contributed by atoms with Gasteiger partial charge in [0.1, 0.15) is 12.2 Å². The summed E-state index contributed by atoms with van der Waals surface area (Å²) in [5.41, 5.74) is 0.542. The van der Waals surface area contributed by atoms with Crippen LogP contribution >= 0.6 is 0 Å². The number of piperazine rings is 1. The molecule has 1 saturated heterocycles. The second-order valence-electron chi connectivity index (χ2n) is 4.60. The van der Waals surface area contributed by atoms with E-state index in [-0.39, 0.29) is 19.0 Å². The van der Waals surface area contributed by atoms with Crippen LogP contribution in [0.15, 0.2) is 6.20 Å². The van der Waals surface area contributed by atoms with Gasteiger partial charge in [-0.25, -0.2) is 4.68 Å². The summed E-state index contributed by atoms with van der Waals surface area (Å²) in [6.45, 7) is 3.91. The van der Waals surface area contributed by atoms with Gasteiger partial charge in [0.15, 0.2) is 0 Å². The number of carboxylic acid groups (broad SMARTS) is 1. The van der Waals surface area contributed by atoms with E-state index in [0.29, 0.717) is 12.2 Å². The number of nitrogens with zero attached hydrogens (tertiary/aromatic N) is 4. The van der Waals surface area contributed by atoms with Crippen LogP contribution in [0.5, 0.6) is 0 Å². The lowest BCUT2D eigenvalue weighted by molar-refractivity contribution is -0.138. The maximum atomic E-state index is 11.7. The predicted octanol–water partition coefficient (Wildman–Crippen LogP) is -2.12. The molecule has 0 saturated carbocycles. The molecule has 0 aromatic carbocycles. The van der Waals surface area contributed by atoms with Crippen molar-refractivity contribution in [1.29, 1.82) is 0 Å². The largest absolute Gasteiger partial charge is 0.480 e. The van der Waals surface area contributed by atoms with Gasteiger partial charge in [-0.1, -0.05) is 5.21 Å². The van der Waals surface area contributed by atoms with Gasteiger partial charge in [-0.3, -0.25) is 14.5 Å². The zero-order chi connectivity index (χ0) is 14.4. The summed E-state index contributed by atoms with van der Waals surface area (Å²) in [6.07, 6.45) is 1.51. The molecule has 3 N–H and O–H groups in total. The lowest BCUT2D eigenvalue weighted by atomic mass is 10.3. The molecule has 2 heterocycles. The van der Waals surface area contributed by atoms with E-state index < -0.39 is 5.97 Å². The minimum Gasteiger partial charge on any atom is -0.480 e.